The Morgan fingerprint density at radius 3 is 2.29 bits per heavy atom. The third kappa shape index (κ3) is 3.91. The van der Waals surface area contributed by atoms with Crippen molar-refractivity contribution < 1.29 is 9.47 Å². The van der Waals surface area contributed by atoms with Gasteiger partial charge in [-0.05, 0) is 58.2 Å². The number of nitrogens with one attached hydrogen (secondary N) is 1. The van der Waals surface area contributed by atoms with E-state index in [1.807, 2.05) is 30.3 Å². The number of benzene rings is 2. The number of rotatable bonds is 6. The molecule has 2 aromatic rings. The van der Waals surface area contributed by atoms with Crippen molar-refractivity contribution in [1.29, 1.82) is 0 Å². The zero-order valence-electron chi connectivity index (χ0n) is 12.5. The maximum atomic E-state index is 5.25. The van der Waals surface area contributed by atoms with Crippen molar-refractivity contribution in [2.45, 2.75) is 19.4 Å². The zero-order chi connectivity index (χ0) is 15.2. The van der Waals surface area contributed by atoms with Gasteiger partial charge in [0, 0.05) is 5.69 Å². The molecule has 0 amide bonds. The smallest absolute Gasteiger partial charge is 0.133 e. The Hall–Kier alpha value is -1.68. The van der Waals surface area contributed by atoms with Crippen LogP contribution in [0.5, 0.6) is 11.5 Å². The van der Waals surface area contributed by atoms with Crippen LogP contribution in [0.4, 0.5) is 5.69 Å². The van der Waals surface area contributed by atoms with Gasteiger partial charge in [0.15, 0.2) is 0 Å². The molecular weight excluding hydrogens is 330 g/mol. The Balaban J connectivity index is 2.16. The van der Waals surface area contributed by atoms with E-state index in [4.69, 9.17) is 9.47 Å². The first-order valence-corrected chi connectivity index (χ1v) is 7.71. The van der Waals surface area contributed by atoms with E-state index in [0.717, 1.165) is 28.1 Å². The standard InChI is InChI=1S/C17H20BrNO2/c1-4-16(12-5-8-14(20-2)9-6-12)19-13-7-10-17(21-3)15(18)11-13/h5-11,16,19H,4H2,1-3H3. The summed E-state index contributed by atoms with van der Waals surface area (Å²) >= 11 is 3.51. The van der Waals surface area contributed by atoms with Crippen molar-refractivity contribution in [3.63, 3.8) is 0 Å². The molecule has 1 atom stereocenters. The molecule has 0 radical (unpaired) electrons. The number of hydrogen-bond donors (Lipinski definition) is 1. The van der Waals surface area contributed by atoms with Gasteiger partial charge in [0.05, 0.1) is 24.7 Å². The quantitative estimate of drug-likeness (QED) is 0.793. The molecule has 0 bridgehead atoms. The van der Waals surface area contributed by atoms with Gasteiger partial charge in [-0.2, -0.15) is 0 Å². The lowest BCUT2D eigenvalue weighted by Gasteiger charge is -2.19. The van der Waals surface area contributed by atoms with Gasteiger partial charge in [-0.1, -0.05) is 19.1 Å². The Kier molecular flexibility index (Phi) is 5.51. The first-order valence-electron chi connectivity index (χ1n) is 6.92. The maximum absolute atomic E-state index is 5.25. The monoisotopic (exact) mass is 349 g/mol. The summed E-state index contributed by atoms with van der Waals surface area (Å²) in [5.74, 6) is 1.71. The second-order valence-electron chi connectivity index (χ2n) is 4.73. The molecule has 3 nitrogen and oxygen atoms in total. The first kappa shape index (κ1) is 15.7. The highest BCUT2D eigenvalue weighted by atomic mass is 79.9. The number of anilines is 1. The molecule has 0 aromatic heterocycles. The third-order valence-electron chi connectivity index (χ3n) is 3.42. The molecule has 1 unspecified atom stereocenters. The van der Waals surface area contributed by atoms with Crippen molar-refractivity contribution in [2.75, 3.05) is 19.5 Å². The second-order valence-corrected chi connectivity index (χ2v) is 5.58. The molecule has 0 aliphatic heterocycles. The number of ether oxygens (including phenoxy) is 2. The van der Waals surface area contributed by atoms with Gasteiger partial charge >= 0.3 is 0 Å². The highest BCUT2D eigenvalue weighted by Gasteiger charge is 2.10. The molecule has 112 valence electrons. The summed E-state index contributed by atoms with van der Waals surface area (Å²) in [7, 11) is 3.35. The molecule has 0 aliphatic rings. The van der Waals surface area contributed by atoms with Gasteiger partial charge < -0.3 is 14.8 Å². The van der Waals surface area contributed by atoms with Gasteiger partial charge in [0.25, 0.3) is 0 Å². The SMILES string of the molecule is CCC(Nc1ccc(OC)c(Br)c1)c1ccc(OC)cc1. The minimum absolute atomic E-state index is 0.260. The number of halogens is 1. The Bertz CT molecular complexity index is 584. The second kappa shape index (κ2) is 7.36. The van der Waals surface area contributed by atoms with Crippen molar-refractivity contribution in [3.8, 4) is 11.5 Å². The molecule has 0 aliphatic carbocycles. The highest BCUT2D eigenvalue weighted by molar-refractivity contribution is 9.10. The van der Waals surface area contributed by atoms with Crippen LogP contribution in [-0.4, -0.2) is 14.2 Å². The van der Waals surface area contributed by atoms with E-state index in [9.17, 15) is 0 Å². The average Bonchev–Trinajstić information content (AvgIpc) is 2.53. The maximum Gasteiger partial charge on any atom is 0.133 e. The van der Waals surface area contributed by atoms with Crippen LogP contribution in [0.15, 0.2) is 46.9 Å². The molecule has 2 aromatic carbocycles. The van der Waals surface area contributed by atoms with Crippen LogP contribution in [0.2, 0.25) is 0 Å². The van der Waals surface area contributed by atoms with Crippen molar-refractivity contribution >= 4 is 21.6 Å². The zero-order valence-corrected chi connectivity index (χ0v) is 14.1. The van der Waals surface area contributed by atoms with E-state index in [-0.39, 0.29) is 6.04 Å². The number of methoxy groups -OCH3 is 2. The fourth-order valence-corrected chi connectivity index (χ4v) is 2.76. The van der Waals surface area contributed by atoms with Crippen LogP contribution in [0, 0.1) is 0 Å². The van der Waals surface area contributed by atoms with E-state index < -0.39 is 0 Å². The molecule has 21 heavy (non-hydrogen) atoms. The van der Waals surface area contributed by atoms with Gasteiger partial charge in [0.2, 0.25) is 0 Å². The first-order chi connectivity index (χ1) is 10.2. The van der Waals surface area contributed by atoms with Crippen LogP contribution in [0.25, 0.3) is 0 Å². The predicted octanol–water partition coefficient (Wildman–Crippen LogP) is 5.03. The summed E-state index contributed by atoms with van der Waals surface area (Å²) in [4.78, 5) is 0. The number of hydrogen-bond acceptors (Lipinski definition) is 3. The normalized spacial score (nSPS) is 11.8. The van der Waals surface area contributed by atoms with Crippen molar-refractivity contribution in [3.05, 3.63) is 52.5 Å². The lowest BCUT2D eigenvalue weighted by molar-refractivity contribution is 0.412. The summed E-state index contributed by atoms with van der Waals surface area (Å²) in [6.45, 7) is 2.17. The fraction of sp³-hybridized carbons (Fsp3) is 0.294. The van der Waals surface area contributed by atoms with Gasteiger partial charge in [-0.15, -0.1) is 0 Å². The summed E-state index contributed by atoms with van der Waals surface area (Å²) in [5, 5.41) is 3.55. The Morgan fingerprint density at radius 2 is 1.76 bits per heavy atom. The van der Waals surface area contributed by atoms with E-state index >= 15 is 0 Å². The van der Waals surface area contributed by atoms with E-state index in [1.54, 1.807) is 14.2 Å². The predicted molar refractivity (Wildman–Crippen MR) is 90.3 cm³/mol. The lowest BCUT2D eigenvalue weighted by Crippen LogP contribution is -2.09. The van der Waals surface area contributed by atoms with E-state index in [0.29, 0.717) is 0 Å². The molecule has 0 spiro atoms. The summed E-state index contributed by atoms with van der Waals surface area (Å²) in [5.41, 5.74) is 2.30. The third-order valence-corrected chi connectivity index (χ3v) is 4.04. The van der Waals surface area contributed by atoms with Gasteiger partial charge in [-0.3, -0.25) is 0 Å². The molecular formula is C17H20BrNO2. The minimum Gasteiger partial charge on any atom is -0.497 e. The Morgan fingerprint density at radius 1 is 1.05 bits per heavy atom. The fourth-order valence-electron chi connectivity index (χ4n) is 2.21. The molecule has 1 N–H and O–H groups in total. The van der Waals surface area contributed by atoms with E-state index in [2.05, 4.69) is 40.3 Å². The molecule has 0 fully saturated rings. The minimum atomic E-state index is 0.260. The average molecular weight is 350 g/mol. The van der Waals surface area contributed by atoms with Crippen LogP contribution in [-0.2, 0) is 0 Å². The van der Waals surface area contributed by atoms with Gasteiger partial charge in [0.1, 0.15) is 11.5 Å². The summed E-state index contributed by atoms with van der Waals surface area (Å²) < 4.78 is 11.4. The topological polar surface area (TPSA) is 30.5 Å². The molecule has 0 heterocycles. The van der Waals surface area contributed by atoms with Crippen molar-refractivity contribution in [2.24, 2.45) is 0 Å². The largest absolute Gasteiger partial charge is 0.497 e. The lowest BCUT2D eigenvalue weighted by atomic mass is 10.0. The summed E-state index contributed by atoms with van der Waals surface area (Å²) in [6.07, 6.45) is 0.996. The highest BCUT2D eigenvalue weighted by Crippen LogP contribution is 2.30. The van der Waals surface area contributed by atoms with E-state index in [1.165, 1.54) is 5.56 Å². The molecule has 0 saturated heterocycles. The van der Waals surface area contributed by atoms with Crippen LogP contribution >= 0.6 is 15.9 Å². The van der Waals surface area contributed by atoms with Crippen LogP contribution in [0.3, 0.4) is 0 Å². The van der Waals surface area contributed by atoms with Crippen LogP contribution in [0.1, 0.15) is 24.9 Å². The van der Waals surface area contributed by atoms with Crippen molar-refractivity contribution in [1.82, 2.24) is 0 Å². The molecule has 2 rings (SSSR count). The molecule has 0 saturated carbocycles. The summed E-state index contributed by atoms with van der Waals surface area (Å²) in [6, 6.07) is 14.4. The Labute approximate surface area is 134 Å². The molecule has 4 heteroatoms. The van der Waals surface area contributed by atoms with Gasteiger partial charge in [-0.25, -0.2) is 0 Å². The van der Waals surface area contributed by atoms with Crippen LogP contribution < -0.4 is 14.8 Å².